The number of rotatable bonds is 14. The molecule has 0 bridgehead atoms. The van der Waals surface area contributed by atoms with E-state index >= 15 is 4.39 Å². The minimum absolute atomic E-state index is 0.0197. The molecule has 0 saturated heterocycles. The van der Waals surface area contributed by atoms with Gasteiger partial charge >= 0.3 is 6.09 Å². The third-order valence-electron chi connectivity index (χ3n) is 8.57. The van der Waals surface area contributed by atoms with Crippen LogP contribution in [0.2, 0.25) is 0 Å². The maximum Gasteiger partial charge on any atom is 0.410 e. The van der Waals surface area contributed by atoms with Gasteiger partial charge in [-0.1, -0.05) is 72.8 Å². The quantitative estimate of drug-likeness (QED) is 0.121. The highest BCUT2D eigenvalue weighted by atomic mass is 19.1. The summed E-state index contributed by atoms with van der Waals surface area (Å²) in [5.74, 6) is -1.65. The van der Waals surface area contributed by atoms with Crippen LogP contribution in [0.1, 0.15) is 27.2 Å². The van der Waals surface area contributed by atoms with Crippen molar-refractivity contribution < 1.29 is 27.8 Å². The standard InChI is InChI=1S/C41H37F2N5O4/c1-48(41(50)52-26-29-13-6-3-7-14-29)38(27-51-25-28-11-4-2-5-12-28)36(23-32-15-8-9-22-44-32)45-40(49)33-16-10-17-34(43)39(33)37-24-35(46-47-37)30-18-20-31(42)21-19-30/h2-22,24,36,38H,23,25-27H2,1H3,(H,45,49)(H,46,47)/t36-,38+/m0/s1. The lowest BCUT2D eigenvalue weighted by atomic mass is 9.98. The monoisotopic (exact) mass is 701 g/mol. The zero-order valence-electron chi connectivity index (χ0n) is 28.4. The van der Waals surface area contributed by atoms with Crippen LogP contribution in [0.3, 0.4) is 0 Å². The maximum atomic E-state index is 15.6. The van der Waals surface area contributed by atoms with Crippen LogP contribution in [-0.4, -0.2) is 57.8 Å². The van der Waals surface area contributed by atoms with E-state index in [0.717, 1.165) is 11.1 Å². The molecule has 0 saturated carbocycles. The van der Waals surface area contributed by atoms with E-state index in [2.05, 4.69) is 20.5 Å². The third kappa shape index (κ3) is 9.12. The predicted molar refractivity (Wildman–Crippen MR) is 193 cm³/mol. The summed E-state index contributed by atoms with van der Waals surface area (Å²) in [6.07, 6.45) is 1.24. The third-order valence-corrected chi connectivity index (χ3v) is 8.57. The van der Waals surface area contributed by atoms with Crippen molar-refractivity contribution in [3.8, 4) is 22.5 Å². The van der Waals surface area contributed by atoms with Crippen LogP contribution in [-0.2, 0) is 29.1 Å². The number of benzene rings is 4. The lowest BCUT2D eigenvalue weighted by molar-refractivity contribution is 0.0307. The molecule has 0 spiro atoms. The number of nitrogens with zero attached hydrogens (tertiary/aromatic N) is 3. The van der Waals surface area contributed by atoms with Crippen molar-refractivity contribution >= 4 is 12.0 Å². The highest BCUT2D eigenvalue weighted by molar-refractivity contribution is 6.01. The summed E-state index contributed by atoms with van der Waals surface area (Å²) >= 11 is 0. The summed E-state index contributed by atoms with van der Waals surface area (Å²) < 4.78 is 41.0. The number of carbonyl (C=O) groups is 2. The van der Waals surface area contributed by atoms with Crippen molar-refractivity contribution in [2.75, 3.05) is 13.7 Å². The summed E-state index contributed by atoms with van der Waals surface area (Å²) in [5.41, 5.74) is 3.76. The van der Waals surface area contributed by atoms with E-state index in [-0.39, 0.29) is 43.1 Å². The molecule has 0 aliphatic heterocycles. The first-order chi connectivity index (χ1) is 25.4. The molecule has 264 valence electrons. The van der Waals surface area contributed by atoms with E-state index < -0.39 is 35.7 Å². The van der Waals surface area contributed by atoms with Gasteiger partial charge in [-0.05, 0) is 71.3 Å². The number of carbonyl (C=O) groups excluding carboxylic acids is 2. The van der Waals surface area contributed by atoms with Gasteiger partial charge in [-0.3, -0.25) is 14.9 Å². The second-order valence-electron chi connectivity index (χ2n) is 12.2. The van der Waals surface area contributed by atoms with Crippen LogP contribution >= 0.6 is 0 Å². The topological polar surface area (TPSA) is 109 Å². The number of aromatic nitrogens is 3. The molecular formula is C41H37F2N5O4. The van der Waals surface area contributed by atoms with Crippen LogP contribution < -0.4 is 5.32 Å². The Labute approximate surface area is 300 Å². The fourth-order valence-corrected chi connectivity index (χ4v) is 5.80. The zero-order chi connectivity index (χ0) is 36.3. The molecule has 2 heterocycles. The lowest BCUT2D eigenvalue weighted by Crippen LogP contribution is -2.55. The van der Waals surface area contributed by atoms with E-state index in [1.807, 2.05) is 72.8 Å². The van der Waals surface area contributed by atoms with Crippen LogP contribution in [0, 0.1) is 11.6 Å². The van der Waals surface area contributed by atoms with Crippen molar-refractivity contribution in [3.05, 3.63) is 168 Å². The molecule has 11 heteroatoms. The molecule has 0 radical (unpaired) electrons. The van der Waals surface area contributed by atoms with Crippen LogP contribution in [0.4, 0.5) is 13.6 Å². The van der Waals surface area contributed by atoms with Crippen LogP contribution in [0.15, 0.2) is 134 Å². The van der Waals surface area contributed by atoms with Gasteiger partial charge in [-0.25, -0.2) is 13.6 Å². The van der Waals surface area contributed by atoms with E-state index in [0.29, 0.717) is 17.0 Å². The molecule has 9 nitrogen and oxygen atoms in total. The summed E-state index contributed by atoms with van der Waals surface area (Å²) in [6, 6.07) is 34.4. The smallest absolute Gasteiger partial charge is 0.410 e. The lowest BCUT2D eigenvalue weighted by Gasteiger charge is -2.34. The molecule has 0 unspecified atom stereocenters. The molecule has 6 rings (SSSR count). The van der Waals surface area contributed by atoms with Gasteiger partial charge in [0, 0.05) is 25.4 Å². The van der Waals surface area contributed by atoms with E-state index in [9.17, 15) is 14.0 Å². The molecular weight excluding hydrogens is 664 g/mol. The van der Waals surface area contributed by atoms with Gasteiger partial charge in [-0.2, -0.15) is 5.10 Å². The fourth-order valence-electron chi connectivity index (χ4n) is 5.80. The average Bonchev–Trinajstić information content (AvgIpc) is 3.66. The number of likely N-dealkylation sites (N-methyl/N-ethyl adjacent to an activating group) is 1. The Kier molecular flexibility index (Phi) is 11.7. The van der Waals surface area contributed by atoms with Gasteiger partial charge in [0.05, 0.1) is 47.8 Å². The number of aromatic amines is 1. The van der Waals surface area contributed by atoms with E-state index in [4.69, 9.17) is 9.47 Å². The Hall–Kier alpha value is -6.20. The molecule has 2 N–H and O–H groups in total. The van der Waals surface area contributed by atoms with Gasteiger partial charge in [0.2, 0.25) is 0 Å². The first kappa shape index (κ1) is 35.6. The molecule has 2 aromatic heterocycles. The minimum atomic E-state index is -0.766. The normalized spacial score (nSPS) is 12.1. The minimum Gasteiger partial charge on any atom is -0.445 e. The number of halogens is 2. The molecule has 6 aromatic rings. The van der Waals surface area contributed by atoms with E-state index in [1.54, 1.807) is 37.5 Å². The van der Waals surface area contributed by atoms with Crippen molar-refractivity contribution in [2.24, 2.45) is 0 Å². The van der Waals surface area contributed by atoms with Gasteiger partial charge in [0.25, 0.3) is 5.91 Å². The molecule has 2 atom stereocenters. The van der Waals surface area contributed by atoms with Gasteiger partial charge in [-0.15, -0.1) is 0 Å². The second-order valence-corrected chi connectivity index (χ2v) is 12.2. The second kappa shape index (κ2) is 17.1. The molecule has 4 aromatic carbocycles. The first-order valence-corrected chi connectivity index (χ1v) is 16.7. The Morgan fingerprint density at radius 3 is 2.21 bits per heavy atom. The number of hydrogen-bond acceptors (Lipinski definition) is 6. The van der Waals surface area contributed by atoms with Crippen molar-refractivity contribution in [2.45, 2.75) is 31.7 Å². The number of hydrogen-bond donors (Lipinski definition) is 2. The Morgan fingerprint density at radius 1 is 0.827 bits per heavy atom. The average molecular weight is 702 g/mol. The number of pyridine rings is 1. The molecule has 52 heavy (non-hydrogen) atoms. The summed E-state index contributed by atoms with van der Waals surface area (Å²) in [4.78, 5) is 33.7. The fraction of sp³-hybridized carbons (Fsp3) is 0.171. The highest BCUT2D eigenvalue weighted by Crippen LogP contribution is 2.29. The number of ether oxygens (including phenoxy) is 2. The first-order valence-electron chi connectivity index (χ1n) is 16.7. The number of nitrogens with one attached hydrogen (secondary N) is 2. The maximum absolute atomic E-state index is 15.6. The largest absolute Gasteiger partial charge is 0.445 e. The zero-order valence-corrected chi connectivity index (χ0v) is 28.4. The Bertz CT molecular complexity index is 2060. The number of H-pyrrole nitrogens is 1. The highest BCUT2D eigenvalue weighted by Gasteiger charge is 2.33. The van der Waals surface area contributed by atoms with Gasteiger partial charge in [0.15, 0.2) is 0 Å². The molecule has 0 aliphatic rings. The summed E-state index contributed by atoms with van der Waals surface area (Å²) in [5, 5.41) is 10.2. The van der Waals surface area contributed by atoms with Crippen LogP contribution in [0.5, 0.6) is 0 Å². The molecule has 0 aliphatic carbocycles. The predicted octanol–water partition coefficient (Wildman–Crippen LogP) is 7.61. The van der Waals surface area contributed by atoms with Gasteiger partial charge in [0.1, 0.15) is 18.2 Å². The Morgan fingerprint density at radius 2 is 1.52 bits per heavy atom. The molecule has 0 fully saturated rings. The van der Waals surface area contributed by atoms with Crippen LogP contribution in [0.25, 0.3) is 22.5 Å². The number of amides is 2. The van der Waals surface area contributed by atoms with E-state index in [1.165, 1.54) is 35.2 Å². The van der Waals surface area contributed by atoms with Crippen molar-refractivity contribution in [3.63, 3.8) is 0 Å². The van der Waals surface area contributed by atoms with Crippen molar-refractivity contribution in [1.29, 1.82) is 0 Å². The van der Waals surface area contributed by atoms with Gasteiger partial charge < -0.3 is 19.7 Å². The molecule has 2 amide bonds. The SMILES string of the molecule is CN(C(=O)OCc1ccccc1)[C@H](COCc1ccccc1)[C@H](Cc1ccccn1)NC(=O)c1cccc(F)c1-c1cc(-c2ccc(F)cc2)[nH]n1. The summed E-state index contributed by atoms with van der Waals surface area (Å²) in [6.45, 7) is 0.340. The van der Waals surface area contributed by atoms with Crippen molar-refractivity contribution in [1.82, 2.24) is 25.4 Å². The Balaban J connectivity index is 1.30. The summed E-state index contributed by atoms with van der Waals surface area (Å²) in [7, 11) is 1.59.